The lowest BCUT2D eigenvalue weighted by molar-refractivity contribution is 0.147. The van der Waals surface area contributed by atoms with Crippen LogP contribution >= 0.6 is 20.9 Å². The molecule has 0 aromatic carbocycles. The molecule has 1 aliphatic heterocycles. The molecule has 0 spiro atoms. The van der Waals surface area contributed by atoms with Gasteiger partial charge in [0, 0.05) is 8.73 Å². The number of hydrogen-bond acceptors (Lipinski definition) is 3. The Kier molecular flexibility index (Phi) is 1.48. The van der Waals surface area contributed by atoms with Crippen molar-refractivity contribution < 1.29 is 4.84 Å². The minimum Gasteiger partial charge on any atom is -0.292 e. The molecule has 34 valence electrons. The van der Waals surface area contributed by atoms with Crippen molar-refractivity contribution in [2.24, 2.45) is 0 Å². The maximum Gasteiger partial charge on any atom is 0.105 e. The number of thiocarbonyl (C=S) groups is 1. The molecule has 1 atom stereocenters. The van der Waals surface area contributed by atoms with Crippen LogP contribution in [0.25, 0.3) is 0 Å². The fourth-order valence-electron chi connectivity index (χ4n) is 0.231. The molecule has 1 saturated heterocycles. The third-order valence-corrected chi connectivity index (χ3v) is 1.56. The van der Waals surface area contributed by atoms with Gasteiger partial charge < -0.3 is 0 Å². The summed E-state index contributed by atoms with van der Waals surface area (Å²) in [5, 5.41) is 2.66. The van der Waals surface area contributed by atoms with Crippen LogP contribution in [-0.4, -0.2) is 11.2 Å². The molecule has 1 rings (SSSR count). The van der Waals surface area contributed by atoms with Crippen molar-refractivity contribution in [1.82, 2.24) is 5.25 Å². The van der Waals surface area contributed by atoms with Gasteiger partial charge in [-0.15, -0.1) is 0 Å². The lowest BCUT2D eigenvalue weighted by Crippen LogP contribution is -1.91. The molecular formula is C2H4NOPS. The minimum absolute atomic E-state index is 0.542. The zero-order valence-corrected chi connectivity index (χ0v) is 4.84. The highest BCUT2D eigenvalue weighted by atomic mass is 32.1. The summed E-state index contributed by atoms with van der Waals surface area (Å²) < 4.78 is 0.981. The Morgan fingerprint density at radius 3 is 3.00 bits per heavy atom. The third kappa shape index (κ3) is 0.949. The lowest BCUT2D eigenvalue weighted by Gasteiger charge is -1.78. The highest BCUT2D eigenvalue weighted by Crippen LogP contribution is 2.12. The molecule has 6 heavy (non-hydrogen) atoms. The first-order chi connectivity index (χ1) is 2.89. The van der Waals surface area contributed by atoms with Gasteiger partial charge in [-0.3, -0.25) is 4.84 Å². The molecule has 0 radical (unpaired) electrons. The Morgan fingerprint density at radius 1 is 2.00 bits per heavy atom. The van der Waals surface area contributed by atoms with E-state index in [0.717, 1.165) is 4.61 Å². The van der Waals surface area contributed by atoms with Gasteiger partial charge in [0.25, 0.3) is 0 Å². The van der Waals surface area contributed by atoms with Gasteiger partial charge in [-0.25, -0.2) is 0 Å². The van der Waals surface area contributed by atoms with Gasteiger partial charge in [-0.1, -0.05) is 12.2 Å². The molecule has 4 heteroatoms. The highest BCUT2D eigenvalue weighted by molar-refractivity contribution is 7.93. The largest absolute Gasteiger partial charge is 0.292 e. The van der Waals surface area contributed by atoms with Gasteiger partial charge in [-0.2, -0.15) is 5.25 Å². The van der Waals surface area contributed by atoms with Crippen LogP contribution in [0.3, 0.4) is 0 Å². The average Bonchev–Trinajstić information content (AvgIpc) is 1.86. The summed E-state index contributed by atoms with van der Waals surface area (Å²) >= 11 is 4.74. The highest BCUT2D eigenvalue weighted by Gasteiger charge is 2.02. The number of rotatable bonds is 0. The van der Waals surface area contributed by atoms with Gasteiger partial charge in [0.2, 0.25) is 0 Å². The fourth-order valence-corrected chi connectivity index (χ4v) is 0.817. The number of hydrogen-bond donors (Lipinski definition) is 1. The molecule has 1 N–H and O–H groups in total. The zero-order valence-electron chi connectivity index (χ0n) is 3.02. The van der Waals surface area contributed by atoms with Gasteiger partial charge in [0.1, 0.15) is 6.61 Å². The first kappa shape index (κ1) is 4.60. The summed E-state index contributed by atoms with van der Waals surface area (Å²) in [6.45, 7) is 0.619. The second-order valence-electron chi connectivity index (χ2n) is 0.939. The smallest absolute Gasteiger partial charge is 0.105 e. The predicted octanol–water partition coefficient (Wildman–Crippen LogP) is 0.442. The monoisotopic (exact) mass is 121 g/mol. The van der Waals surface area contributed by atoms with Gasteiger partial charge >= 0.3 is 0 Å². The molecule has 0 aromatic rings. The van der Waals surface area contributed by atoms with E-state index in [4.69, 9.17) is 12.2 Å². The van der Waals surface area contributed by atoms with E-state index in [-0.39, 0.29) is 0 Å². The second kappa shape index (κ2) is 1.94. The summed E-state index contributed by atoms with van der Waals surface area (Å²) in [6.07, 6.45) is 0. The Balaban J connectivity index is 2.37. The summed E-state index contributed by atoms with van der Waals surface area (Å²) in [5.41, 5.74) is 0. The van der Waals surface area contributed by atoms with Crippen LogP contribution in [0.4, 0.5) is 0 Å². The summed E-state index contributed by atoms with van der Waals surface area (Å²) in [6, 6.07) is 0. The molecule has 0 aromatic heterocycles. The molecule has 0 bridgehead atoms. The second-order valence-corrected chi connectivity index (χ2v) is 2.85. The van der Waals surface area contributed by atoms with E-state index in [1.807, 2.05) is 0 Å². The summed E-state index contributed by atoms with van der Waals surface area (Å²) in [5.74, 6) is 0. The van der Waals surface area contributed by atoms with E-state index in [1.165, 1.54) is 0 Å². The van der Waals surface area contributed by atoms with E-state index in [1.54, 1.807) is 0 Å². The van der Waals surface area contributed by atoms with Gasteiger partial charge in [0.05, 0.1) is 4.61 Å². The third-order valence-electron chi connectivity index (χ3n) is 0.466. The molecule has 0 amide bonds. The Hall–Kier alpha value is 0.440. The van der Waals surface area contributed by atoms with Crippen molar-refractivity contribution in [3.05, 3.63) is 0 Å². The van der Waals surface area contributed by atoms with Crippen molar-refractivity contribution in [2.45, 2.75) is 0 Å². The van der Waals surface area contributed by atoms with Crippen LogP contribution in [0.1, 0.15) is 0 Å². The zero-order chi connectivity index (χ0) is 4.41. The van der Waals surface area contributed by atoms with Crippen LogP contribution in [-0.2, 0) is 4.84 Å². The maximum atomic E-state index is 4.74. The van der Waals surface area contributed by atoms with Crippen molar-refractivity contribution >= 4 is 25.6 Å². The first-order valence-corrected chi connectivity index (χ1v) is 2.96. The maximum absolute atomic E-state index is 4.74. The molecule has 1 aliphatic rings. The van der Waals surface area contributed by atoms with Crippen molar-refractivity contribution in [1.29, 1.82) is 0 Å². The van der Waals surface area contributed by atoms with Crippen LogP contribution in [0.5, 0.6) is 0 Å². The average molecular weight is 121 g/mol. The Morgan fingerprint density at radius 2 is 2.83 bits per heavy atom. The quantitative estimate of drug-likeness (QED) is 0.371. The van der Waals surface area contributed by atoms with E-state index < -0.39 is 0 Å². The van der Waals surface area contributed by atoms with Gasteiger partial charge in [-0.05, 0) is 0 Å². The molecule has 0 saturated carbocycles. The van der Waals surface area contributed by atoms with Crippen LogP contribution in [0.2, 0.25) is 0 Å². The van der Waals surface area contributed by atoms with Crippen LogP contribution < -0.4 is 5.25 Å². The normalized spacial score (nSPS) is 26.3. The van der Waals surface area contributed by atoms with Crippen molar-refractivity contribution in [3.8, 4) is 0 Å². The Labute approximate surface area is 43.0 Å². The summed E-state index contributed by atoms with van der Waals surface area (Å²) in [4.78, 5) is 4.68. The fraction of sp³-hybridized carbons (Fsp3) is 0.500. The molecule has 1 heterocycles. The molecule has 0 aliphatic carbocycles. The standard InChI is InChI=1S/C2H4NOPS/c6-2-1-4-3-5-2/h3,5H,1H2. The molecule has 1 fully saturated rings. The lowest BCUT2D eigenvalue weighted by atomic mass is 10.9. The predicted molar refractivity (Wildman–Crippen MR) is 30.0 cm³/mol. The summed E-state index contributed by atoms with van der Waals surface area (Å²) in [7, 11) is 0.542. The first-order valence-electron chi connectivity index (χ1n) is 1.55. The van der Waals surface area contributed by atoms with Gasteiger partial charge in [0.15, 0.2) is 0 Å². The van der Waals surface area contributed by atoms with E-state index >= 15 is 0 Å². The van der Waals surface area contributed by atoms with E-state index in [9.17, 15) is 0 Å². The van der Waals surface area contributed by atoms with E-state index in [2.05, 4.69) is 10.1 Å². The van der Waals surface area contributed by atoms with Crippen molar-refractivity contribution in [3.63, 3.8) is 0 Å². The van der Waals surface area contributed by atoms with Crippen LogP contribution in [0.15, 0.2) is 0 Å². The Bertz CT molecular complexity index is 67.9. The molecule has 1 unspecified atom stereocenters. The molecule has 2 nitrogen and oxygen atoms in total. The number of nitrogens with one attached hydrogen (secondary N) is 1. The van der Waals surface area contributed by atoms with Crippen LogP contribution in [0, 0.1) is 0 Å². The van der Waals surface area contributed by atoms with Crippen molar-refractivity contribution in [2.75, 3.05) is 6.61 Å². The molecular weight excluding hydrogens is 117 g/mol. The topological polar surface area (TPSA) is 21.3 Å². The SMILES string of the molecule is S=C1CONP1. The minimum atomic E-state index is 0.542. The van der Waals surface area contributed by atoms with E-state index in [0.29, 0.717) is 15.3 Å².